The monoisotopic (exact) mass is 351 g/mol. The molecule has 4 heterocycles. The molecule has 134 valence electrons. The Bertz CT molecular complexity index is 963. The molecule has 7 heteroatoms. The van der Waals surface area contributed by atoms with Crippen LogP contribution in [0.2, 0.25) is 0 Å². The van der Waals surface area contributed by atoms with Crippen molar-refractivity contribution in [3.8, 4) is 0 Å². The number of fused-ring (bicyclic) bond motifs is 1. The fraction of sp³-hybridized carbons (Fsp3) is 0.368. The normalized spacial score (nSPS) is 17.5. The van der Waals surface area contributed by atoms with Gasteiger partial charge >= 0.3 is 0 Å². The van der Waals surface area contributed by atoms with Crippen LogP contribution < -0.4 is 5.56 Å². The van der Waals surface area contributed by atoms with Crippen molar-refractivity contribution < 1.29 is 4.79 Å². The Morgan fingerprint density at radius 3 is 3.08 bits per heavy atom. The van der Waals surface area contributed by atoms with Gasteiger partial charge in [-0.05, 0) is 37.3 Å². The van der Waals surface area contributed by atoms with E-state index in [1.54, 1.807) is 30.9 Å². The first-order valence-electron chi connectivity index (χ1n) is 8.97. The molecule has 4 rings (SSSR count). The van der Waals surface area contributed by atoms with E-state index in [9.17, 15) is 9.59 Å². The summed E-state index contributed by atoms with van der Waals surface area (Å²) >= 11 is 0. The lowest BCUT2D eigenvalue weighted by atomic mass is 9.98. The lowest BCUT2D eigenvalue weighted by Gasteiger charge is -2.35. The summed E-state index contributed by atoms with van der Waals surface area (Å²) in [4.78, 5) is 38.5. The van der Waals surface area contributed by atoms with Crippen molar-refractivity contribution in [3.05, 3.63) is 64.6 Å². The molecular formula is C19H21N5O2. The number of likely N-dealkylation sites (tertiary alicyclic amines) is 1. The van der Waals surface area contributed by atoms with Crippen molar-refractivity contribution in [1.29, 1.82) is 0 Å². The average molecular weight is 351 g/mol. The van der Waals surface area contributed by atoms with Gasteiger partial charge in [-0.2, -0.15) is 0 Å². The molecule has 0 aliphatic carbocycles. The lowest BCUT2D eigenvalue weighted by molar-refractivity contribution is -0.135. The number of imidazole rings is 1. The number of carbonyl (C=O) groups is 1. The molecule has 1 N–H and O–H groups in total. The van der Waals surface area contributed by atoms with Gasteiger partial charge in [-0.3, -0.25) is 19.0 Å². The minimum absolute atomic E-state index is 0.0976. The van der Waals surface area contributed by atoms with Gasteiger partial charge in [0, 0.05) is 49.5 Å². The van der Waals surface area contributed by atoms with Gasteiger partial charge in [0.25, 0.3) is 5.56 Å². The third-order valence-corrected chi connectivity index (χ3v) is 4.95. The summed E-state index contributed by atoms with van der Waals surface area (Å²) in [5.41, 5.74) is 1.70. The zero-order valence-corrected chi connectivity index (χ0v) is 14.5. The molecule has 1 fully saturated rings. The second kappa shape index (κ2) is 7.11. The molecule has 26 heavy (non-hydrogen) atoms. The molecule has 0 saturated carbocycles. The highest BCUT2D eigenvalue weighted by Gasteiger charge is 2.28. The van der Waals surface area contributed by atoms with Crippen LogP contribution in [0.1, 0.15) is 43.0 Å². The van der Waals surface area contributed by atoms with Gasteiger partial charge in [0.15, 0.2) is 0 Å². The number of H-pyrrole nitrogens is 1. The van der Waals surface area contributed by atoms with E-state index in [0.29, 0.717) is 18.6 Å². The van der Waals surface area contributed by atoms with Crippen LogP contribution in [0.5, 0.6) is 0 Å². The first kappa shape index (κ1) is 16.5. The number of aryl methyl sites for hydroxylation is 1. The second-order valence-corrected chi connectivity index (χ2v) is 6.64. The number of nitrogens with zero attached hydrogens (tertiary/aromatic N) is 4. The van der Waals surface area contributed by atoms with E-state index in [0.717, 1.165) is 37.1 Å². The van der Waals surface area contributed by atoms with E-state index in [4.69, 9.17) is 0 Å². The van der Waals surface area contributed by atoms with E-state index in [-0.39, 0.29) is 17.5 Å². The molecule has 1 atom stereocenters. The molecule has 0 spiro atoms. The SMILES string of the molecule is O=C(CCc1cccnc1)N1CCCCC1c1cc(=O)n2ccnc2[nH]1. The van der Waals surface area contributed by atoms with E-state index in [2.05, 4.69) is 15.0 Å². The van der Waals surface area contributed by atoms with Crippen LogP contribution in [0.25, 0.3) is 5.78 Å². The molecule has 0 aromatic carbocycles. The highest BCUT2D eigenvalue weighted by atomic mass is 16.2. The fourth-order valence-corrected chi connectivity index (χ4v) is 3.62. The Labute approximate surface area is 150 Å². The maximum absolute atomic E-state index is 12.8. The number of amides is 1. The largest absolute Gasteiger partial charge is 0.334 e. The van der Waals surface area contributed by atoms with Gasteiger partial charge in [-0.1, -0.05) is 6.07 Å². The van der Waals surface area contributed by atoms with Crippen LogP contribution in [0.4, 0.5) is 0 Å². The number of hydrogen-bond donors (Lipinski definition) is 1. The average Bonchev–Trinajstić information content (AvgIpc) is 3.16. The molecule has 7 nitrogen and oxygen atoms in total. The zero-order chi connectivity index (χ0) is 17.9. The van der Waals surface area contributed by atoms with Crippen LogP contribution in [0.15, 0.2) is 47.8 Å². The van der Waals surface area contributed by atoms with Gasteiger partial charge in [-0.25, -0.2) is 4.98 Å². The summed E-state index contributed by atoms with van der Waals surface area (Å²) in [6.45, 7) is 0.720. The molecule has 1 amide bonds. The summed E-state index contributed by atoms with van der Waals surface area (Å²) in [6.07, 6.45) is 10.8. The smallest absolute Gasteiger partial charge is 0.259 e. The van der Waals surface area contributed by atoms with Gasteiger partial charge in [-0.15, -0.1) is 0 Å². The van der Waals surface area contributed by atoms with Crippen LogP contribution in [0, 0.1) is 0 Å². The summed E-state index contributed by atoms with van der Waals surface area (Å²) in [7, 11) is 0. The van der Waals surface area contributed by atoms with Crippen LogP contribution >= 0.6 is 0 Å². The lowest BCUT2D eigenvalue weighted by Crippen LogP contribution is -2.39. The third-order valence-electron chi connectivity index (χ3n) is 4.95. The number of carbonyl (C=O) groups excluding carboxylic acids is 1. The maximum atomic E-state index is 12.8. The third kappa shape index (κ3) is 3.24. The van der Waals surface area contributed by atoms with Crippen molar-refractivity contribution >= 4 is 11.7 Å². The molecular weight excluding hydrogens is 330 g/mol. The van der Waals surface area contributed by atoms with Gasteiger partial charge in [0.05, 0.1) is 6.04 Å². The Morgan fingerprint density at radius 1 is 1.31 bits per heavy atom. The molecule has 0 radical (unpaired) electrons. The Hall–Kier alpha value is -2.96. The Balaban J connectivity index is 1.55. The number of aromatic amines is 1. The number of piperidine rings is 1. The molecule has 0 bridgehead atoms. The van der Waals surface area contributed by atoms with E-state index in [1.165, 1.54) is 4.40 Å². The molecule has 1 aliphatic heterocycles. The van der Waals surface area contributed by atoms with E-state index in [1.807, 2.05) is 17.0 Å². The maximum Gasteiger partial charge on any atom is 0.259 e. The first-order valence-corrected chi connectivity index (χ1v) is 8.97. The molecule has 1 saturated heterocycles. The summed E-state index contributed by atoms with van der Waals surface area (Å²) in [5, 5.41) is 0. The Kier molecular flexibility index (Phi) is 4.51. The minimum atomic E-state index is -0.125. The standard InChI is InChI=1S/C19H21N5O2/c25-17(7-6-14-4-3-8-20-13-14)23-10-2-1-5-16(23)15-12-18(26)24-11-9-21-19(24)22-15/h3-4,8-9,11-13,16H,1-2,5-7,10H2,(H,21,22). The highest BCUT2D eigenvalue weighted by molar-refractivity contribution is 5.77. The van der Waals surface area contributed by atoms with Gasteiger partial charge in [0.2, 0.25) is 11.7 Å². The van der Waals surface area contributed by atoms with Crippen molar-refractivity contribution in [3.63, 3.8) is 0 Å². The fourth-order valence-electron chi connectivity index (χ4n) is 3.62. The van der Waals surface area contributed by atoms with Crippen molar-refractivity contribution in [2.75, 3.05) is 6.54 Å². The summed E-state index contributed by atoms with van der Waals surface area (Å²) in [6, 6.07) is 5.36. The first-order chi connectivity index (χ1) is 12.7. The summed E-state index contributed by atoms with van der Waals surface area (Å²) < 4.78 is 1.47. The number of pyridine rings is 1. The molecule has 3 aromatic heterocycles. The molecule has 3 aromatic rings. The van der Waals surface area contributed by atoms with Crippen molar-refractivity contribution in [2.45, 2.75) is 38.1 Å². The predicted molar refractivity (Wildman–Crippen MR) is 96.7 cm³/mol. The Morgan fingerprint density at radius 2 is 2.23 bits per heavy atom. The van der Waals surface area contributed by atoms with Crippen molar-refractivity contribution in [2.24, 2.45) is 0 Å². The molecule has 1 aliphatic rings. The van der Waals surface area contributed by atoms with Gasteiger partial charge < -0.3 is 9.88 Å². The van der Waals surface area contributed by atoms with Crippen LogP contribution in [-0.2, 0) is 11.2 Å². The number of hydrogen-bond acceptors (Lipinski definition) is 4. The van der Waals surface area contributed by atoms with E-state index < -0.39 is 0 Å². The van der Waals surface area contributed by atoms with Gasteiger partial charge in [0.1, 0.15) is 0 Å². The second-order valence-electron chi connectivity index (χ2n) is 6.64. The minimum Gasteiger partial charge on any atom is -0.334 e. The number of aromatic nitrogens is 4. The zero-order valence-electron chi connectivity index (χ0n) is 14.5. The van der Waals surface area contributed by atoms with E-state index >= 15 is 0 Å². The topological polar surface area (TPSA) is 83.4 Å². The van der Waals surface area contributed by atoms with Crippen LogP contribution in [-0.4, -0.2) is 36.7 Å². The number of nitrogens with one attached hydrogen (secondary N) is 1. The molecule has 1 unspecified atom stereocenters. The number of rotatable bonds is 4. The highest BCUT2D eigenvalue weighted by Crippen LogP contribution is 2.30. The van der Waals surface area contributed by atoms with Crippen molar-refractivity contribution in [1.82, 2.24) is 24.3 Å². The van der Waals surface area contributed by atoms with Crippen LogP contribution in [0.3, 0.4) is 0 Å². The quantitative estimate of drug-likeness (QED) is 0.780. The predicted octanol–water partition coefficient (Wildman–Crippen LogP) is 2.10. The summed E-state index contributed by atoms with van der Waals surface area (Å²) in [5.74, 6) is 0.628.